The van der Waals surface area contributed by atoms with Gasteiger partial charge in [0.25, 0.3) is 5.56 Å². The van der Waals surface area contributed by atoms with Crippen LogP contribution in [0.2, 0.25) is 0 Å². The minimum Gasteiger partial charge on any atom is -0.490 e. The van der Waals surface area contributed by atoms with Crippen LogP contribution in [-0.4, -0.2) is 11.2 Å². The van der Waals surface area contributed by atoms with Gasteiger partial charge in [-0.15, -0.1) is 0 Å². The standard InChI is InChI=1S/C15H13BrINO2/c1-3-8-20-10-4-5-11(12(16)9-10)14-7-6-13(17)15(19)18(14)2/h3-7,9H,1,8H2,2H3. The first kappa shape index (κ1) is 15.3. The molecule has 1 heterocycles. The summed E-state index contributed by atoms with van der Waals surface area (Å²) in [7, 11) is 1.77. The van der Waals surface area contributed by atoms with Crippen LogP contribution in [0.25, 0.3) is 11.3 Å². The van der Waals surface area contributed by atoms with E-state index in [0.29, 0.717) is 10.2 Å². The first-order valence-electron chi connectivity index (χ1n) is 5.93. The molecule has 0 amide bonds. The van der Waals surface area contributed by atoms with E-state index < -0.39 is 0 Å². The number of aromatic nitrogens is 1. The van der Waals surface area contributed by atoms with Gasteiger partial charge in [0.1, 0.15) is 12.4 Å². The van der Waals surface area contributed by atoms with Gasteiger partial charge in [0.2, 0.25) is 0 Å². The molecule has 0 saturated carbocycles. The maximum Gasteiger partial charge on any atom is 0.264 e. The number of hydrogen-bond acceptors (Lipinski definition) is 2. The van der Waals surface area contributed by atoms with Gasteiger partial charge in [-0.3, -0.25) is 4.79 Å². The van der Waals surface area contributed by atoms with Crippen LogP contribution in [-0.2, 0) is 7.05 Å². The summed E-state index contributed by atoms with van der Waals surface area (Å²) < 4.78 is 8.72. The molecule has 2 rings (SSSR count). The molecule has 0 aliphatic heterocycles. The monoisotopic (exact) mass is 445 g/mol. The summed E-state index contributed by atoms with van der Waals surface area (Å²) in [5.74, 6) is 0.760. The lowest BCUT2D eigenvalue weighted by Gasteiger charge is -2.12. The van der Waals surface area contributed by atoms with E-state index in [4.69, 9.17) is 4.74 Å². The quantitative estimate of drug-likeness (QED) is 0.526. The van der Waals surface area contributed by atoms with Crippen molar-refractivity contribution < 1.29 is 4.74 Å². The Bertz CT molecular complexity index is 710. The molecular formula is C15H13BrINO2. The third kappa shape index (κ3) is 3.15. The maximum atomic E-state index is 12.0. The van der Waals surface area contributed by atoms with E-state index in [1.54, 1.807) is 17.7 Å². The van der Waals surface area contributed by atoms with Gasteiger partial charge in [-0.1, -0.05) is 12.7 Å². The minimum atomic E-state index is 0.00184. The van der Waals surface area contributed by atoms with E-state index in [2.05, 4.69) is 22.5 Å². The van der Waals surface area contributed by atoms with Crippen LogP contribution in [0.5, 0.6) is 5.75 Å². The molecule has 0 aliphatic rings. The van der Waals surface area contributed by atoms with E-state index in [9.17, 15) is 4.79 Å². The van der Waals surface area contributed by atoms with Crippen LogP contribution in [0.15, 0.2) is 52.3 Å². The van der Waals surface area contributed by atoms with Crippen molar-refractivity contribution in [3.05, 3.63) is 61.4 Å². The fourth-order valence-electron chi connectivity index (χ4n) is 1.82. The largest absolute Gasteiger partial charge is 0.490 e. The summed E-state index contributed by atoms with van der Waals surface area (Å²) in [6.07, 6.45) is 1.70. The van der Waals surface area contributed by atoms with E-state index in [1.165, 1.54) is 0 Å². The van der Waals surface area contributed by atoms with Crippen LogP contribution in [0.3, 0.4) is 0 Å². The molecule has 0 bridgehead atoms. The van der Waals surface area contributed by atoms with Crippen molar-refractivity contribution in [3.8, 4) is 17.0 Å². The molecule has 0 radical (unpaired) electrons. The molecule has 2 aromatic rings. The van der Waals surface area contributed by atoms with Crippen LogP contribution in [0, 0.1) is 3.57 Å². The number of halogens is 2. The van der Waals surface area contributed by atoms with E-state index in [1.807, 2.05) is 52.9 Å². The lowest BCUT2D eigenvalue weighted by atomic mass is 10.1. The normalized spacial score (nSPS) is 10.3. The SMILES string of the molecule is C=CCOc1ccc(-c2ccc(I)c(=O)n2C)c(Br)c1. The Morgan fingerprint density at radius 2 is 2.15 bits per heavy atom. The molecule has 104 valence electrons. The molecule has 20 heavy (non-hydrogen) atoms. The number of rotatable bonds is 4. The second kappa shape index (κ2) is 6.58. The topological polar surface area (TPSA) is 31.2 Å². The van der Waals surface area contributed by atoms with Crippen molar-refractivity contribution >= 4 is 38.5 Å². The lowest BCUT2D eigenvalue weighted by Crippen LogP contribution is -2.20. The van der Waals surface area contributed by atoms with Gasteiger partial charge in [0.05, 0.1) is 9.26 Å². The van der Waals surface area contributed by atoms with Crippen molar-refractivity contribution in [2.75, 3.05) is 6.61 Å². The smallest absolute Gasteiger partial charge is 0.264 e. The van der Waals surface area contributed by atoms with Crippen molar-refractivity contribution in [2.45, 2.75) is 0 Å². The van der Waals surface area contributed by atoms with Crippen LogP contribution in [0.1, 0.15) is 0 Å². The Labute approximate surface area is 139 Å². The summed E-state index contributed by atoms with van der Waals surface area (Å²) in [6, 6.07) is 9.47. The van der Waals surface area contributed by atoms with Gasteiger partial charge in [0, 0.05) is 17.1 Å². The maximum absolute atomic E-state index is 12.0. The van der Waals surface area contributed by atoms with Gasteiger partial charge >= 0.3 is 0 Å². The molecule has 0 N–H and O–H groups in total. The van der Waals surface area contributed by atoms with E-state index >= 15 is 0 Å². The Morgan fingerprint density at radius 3 is 2.80 bits per heavy atom. The zero-order valence-corrected chi connectivity index (χ0v) is 14.6. The van der Waals surface area contributed by atoms with Gasteiger partial charge in [0.15, 0.2) is 0 Å². The molecule has 5 heteroatoms. The summed E-state index contributed by atoms with van der Waals surface area (Å²) in [6.45, 7) is 4.08. The Kier molecular flexibility index (Phi) is 5.04. The predicted octanol–water partition coefficient (Wildman–Crippen LogP) is 3.98. The fourth-order valence-corrected chi connectivity index (χ4v) is 2.93. The van der Waals surface area contributed by atoms with Crippen LogP contribution >= 0.6 is 38.5 Å². The average molecular weight is 446 g/mol. The molecule has 3 nitrogen and oxygen atoms in total. The molecule has 0 aliphatic carbocycles. The number of ether oxygens (including phenoxy) is 1. The van der Waals surface area contributed by atoms with Crippen molar-refractivity contribution in [2.24, 2.45) is 7.05 Å². The summed E-state index contributed by atoms with van der Waals surface area (Å²) in [5, 5.41) is 0. The van der Waals surface area contributed by atoms with Gasteiger partial charge < -0.3 is 9.30 Å². The van der Waals surface area contributed by atoms with E-state index in [-0.39, 0.29) is 5.56 Å². The zero-order valence-electron chi connectivity index (χ0n) is 10.9. The number of pyridine rings is 1. The summed E-state index contributed by atoms with van der Waals surface area (Å²) >= 11 is 5.57. The van der Waals surface area contributed by atoms with Crippen LogP contribution < -0.4 is 10.3 Å². The first-order chi connectivity index (χ1) is 9.54. The molecule has 0 atom stereocenters. The average Bonchev–Trinajstić information content (AvgIpc) is 2.44. The molecule has 1 aromatic heterocycles. The Morgan fingerprint density at radius 1 is 1.40 bits per heavy atom. The molecule has 0 saturated heterocycles. The van der Waals surface area contributed by atoms with E-state index in [0.717, 1.165) is 21.5 Å². The predicted molar refractivity (Wildman–Crippen MR) is 93.2 cm³/mol. The highest BCUT2D eigenvalue weighted by atomic mass is 127. The molecule has 0 fully saturated rings. The minimum absolute atomic E-state index is 0.00184. The number of benzene rings is 1. The zero-order chi connectivity index (χ0) is 14.7. The van der Waals surface area contributed by atoms with Gasteiger partial charge in [-0.05, 0) is 68.9 Å². The number of nitrogens with zero attached hydrogens (tertiary/aromatic N) is 1. The van der Waals surface area contributed by atoms with Gasteiger partial charge in [-0.2, -0.15) is 0 Å². The Hall–Kier alpha value is -1.08. The third-order valence-corrected chi connectivity index (χ3v) is 4.32. The summed E-state index contributed by atoms with van der Waals surface area (Å²) in [5.41, 5.74) is 1.81. The lowest BCUT2D eigenvalue weighted by molar-refractivity contribution is 0.363. The molecule has 1 aromatic carbocycles. The van der Waals surface area contributed by atoms with Crippen molar-refractivity contribution in [1.29, 1.82) is 0 Å². The Balaban J connectivity index is 2.46. The number of hydrogen-bond donors (Lipinski definition) is 0. The third-order valence-electron chi connectivity index (χ3n) is 2.84. The fraction of sp³-hybridized carbons (Fsp3) is 0.133. The van der Waals surface area contributed by atoms with Gasteiger partial charge in [-0.25, -0.2) is 0 Å². The highest BCUT2D eigenvalue weighted by Gasteiger charge is 2.10. The molecule has 0 spiro atoms. The second-order valence-electron chi connectivity index (χ2n) is 4.17. The summed E-state index contributed by atoms with van der Waals surface area (Å²) in [4.78, 5) is 12.0. The highest BCUT2D eigenvalue weighted by molar-refractivity contribution is 14.1. The van der Waals surface area contributed by atoms with Crippen molar-refractivity contribution in [1.82, 2.24) is 4.57 Å². The first-order valence-corrected chi connectivity index (χ1v) is 7.81. The second-order valence-corrected chi connectivity index (χ2v) is 6.19. The highest BCUT2D eigenvalue weighted by Crippen LogP contribution is 2.31. The van der Waals surface area contributed by atoms with Crippen molar-refractivity contribution in [3.63, 3.8) is 0 Å². The molecule has 0 unspecified atom stereocenters. The molecular weight excluding hydrogens is 433 g/mol. The van der Waals surface area contributed by atoms with Crippen LogP contribution in [0.4, 0.5) is 0 Å².